The van der Waals surface area contributed by atoms with Crippen molar-refractivity contribution in [2.24, 2.45) is 0 Å². The second-order valence-electron chi connectivity index (χ2n) is 2.43. The number of aromatic nitrogens is 4. The van der Waals surface area contributed by atoms with Crippen molar-refractivity contribution in [1.82, 2.24) is 20.2 Å². The first-order valence-corrected chi connectivity index (χ1v) is 3.58. The molecule has 0 amide bonds. The summed E-state index contributed by atoms with van der Waals surface area (Å²) in [6, 6.07) is 8.79. The van der Waals surface area contributed by atoms with Gasteiger partial charge in [-0.15, -0.1) is 5.10 Å². The molecule has 1 aromatic carbocycles. The van der Waals surface area contributed by atoms with Crippen molar-refractivity contribution in [3.63, 3.8) is 0 Å². The minimum absolute atomic E-state index is 0.961. The van der Waals surface area contributed by atoms with E-state index in [4.69, 9.17) is 0 Å². The van der Waals surface area contributed by atoms with Crippen LogP contribution in [0.2, 0.25) is 0 Å². The standard InChI is InChI=1S/C8H7N4/c1-7-4-2-3-5-8(7)12-6-9-10-11-12/h2-3,5-6H,1H3. The van der Waals surface area contributed by atoms with Gasteiger partial charge in [0.1, 0.15) is 6.33 Å². The maximum absolute atomic E-state index is 3.78. The van der Waals surface area contributed by atoms with Gasteiger partial charge < -0.3 is 0 Å². The van der Waals surface area contributed by atoms with E-state index in [2.05, 4.69) is 21.6 Å². The first-order chi connectivity index (χ1) is 5.88. The van der Waals surface area contributed by atoms with Gasteiger partial charge in [0.05, 0.1) is 5.69 Å². The second kappa shape index (κ2) is 2.73. The molecule has 0 aliphatic heterocycles. The molecule has 0 saturated carbocycles. The largest absolute Gasteiger partial charge is 0.200 e. The first-order valence-electron chi connectivity index (χ1n) is 3.58. The highest BCUT2D eigenvalue weighted by atomic mass is 15.5. The van der Waals surface area contributed by atoms with Crippen LogP contribution in [0.15, 0.2) is 24.5 Å². The van der Waals surface area contributed by atoms with Crippen molar-refractivity contribution in [2.75, 3.05) is 0 Å². The van der Waals surface area contributed by atoms with E-state index in [1.807, 2.05) is 25.1 Å². The fourth-order valence-corrected chi connectivity index (χ4v) is 1.03. The lowest BCUT2D eigenvalue weighted by Gasteiger charge is -2.00. The SMILES string of the molecule is Cc1[c]cccc1-n1cnnn1. The Labute approximate surface area is 69.8 Å². The third kappa shape index (κ3) is 1.07. The number of hydrogen-bond donors (Lipinski definition) is 0. The maximum Gasteiger partial charge on any atom is 0.143 e. The summed E-state index contributed by atoms with van der Waals surface area (Å²) in [4.78, 5) is 0. The van der Waals surface area contributed by atoms with Crippen LogP contribution in [0.1, 0.15) is 5.56 Å². The van der Waals surface area contributed by atoms with Gasteiger partial charge in [-0.05, 0) is 35.0 Å². The number of benzene rings is 1. The monoisotopic (exact) mass is 159 g/mol. The smallest absolute Gasteiger partial charge is 0.143 e. The van der Waals surface area contributed by atoms with Gasteiger partial charge in [-0.1, -0.05) is 12.1 Å². The summed E-state index contributed by atoms with van der Waals surface area (Å²) in [6.07, 6.45) is 1.57. The zero-order valence-corrected chi connectivity index (χ0v) is 6.60. The number of rotatable bonds is 1. The van der Waals surface area contributed by atoms with Gasteiger partial charge in [0.25, 0.3) is 0 Å². The highest BCUT2D eigenvalue weighted by molar-refractivity contribution is 5.37. The van der Waals surface area contributed by atoms with E-state index in [9.17, 15) is 0 Å². The normalized spacial score (nSPS) is 10.1. The minimum Gasteiger partial charge on any atom is -0.200 e. The van der Waals surface area contributed by atoms with Gasteiger partial charge in [-0.25, -0.2) is 4.68 Å². The summed E-state index contributed by atoms with van der Waals surface area (Å²) in [6.45, 7) is 1.97. The summed E-state index contributed by atoms with van der Waals surface area (Å²) >= 11 is 0. The molecule has 1 radical (unpaired) electrons. The van der Waals surface area contributed by atoms with E-state index in [-0.39, 0.29) is 0 Å². The zero-order valence-electron chi connectivity index (χ0n) is 6.60. The summed E-state index contributed by atoms with van der Waals surface area (Å²) < 4.78 is 1.62. The Kier molecular flexibility index (Phi) is 1.59. The Morgan fingerprint density at radius 1 is 1.50 bits per heavy atom. The Morgan fingerprint density at radius 3 is 3.08 bits per heavy atom. The average Bonchev–Trinajstić information content (AvgIpc) is 2.57. The van der Waals surface area contributed by atoms with Crippen LogP contribution in [-0.4, -0.2) is 20.2 Å². The first kappa shape index (κ1) is 6.97. The fourth-order valence-electron chi connectivity index (χ4n) is 1.03. The zero-order chi connectivity index (χ0) is 8.39. The van der Waals surface area contributed by atoms with Crippen LogP contribution >= 0.6 is 0 Å². The predicted octanol–water partition coefficient (Wildman–Crippen LogP) is 0.771. The Hall–Kier alpha value is -1.71. The van der Waals surface area contributed by atoms with Crippen LogP contribution in [0.25, 0.3) is 5.69 Å². The van der Waals surface area contributed by atoms with Gasteiger partial charge in [-0.3, -0.25) is 0 Å². The summed E-state index contributed by atoms with van der Waals surface area (Å²) in [5, 5.41) is 10.9. The molecule has 0 saturated heterocycles. The molecule has 0 atom stereocenters. The van der Waals surface area contributed by atoms with E-state index < -0.39 is 0 Å². The molecule has 12 heavy (non-hydrogen) atoms. The lowest BCUT2D eigenvalue weighted by molar-refractivity contribution is 0.785. The van der Waals surface area contributed by atoms with Gasteiger partial charge in [0.2, 0.25) is 0 Å². The third-order valence-electron chi connectivity index (χ3n) is 1.63. The van der Waals surface area contributed by atoms with Crippen molar-refractivity contribution < 1.29 is 0 Å². The number of aryl methyl sites for hydroxylation is 1. The quantitative estimate of drug-likeness (QED) is 0.617. The topological polar surface area (TPSA) is 43.6 Å². The van der Waals surface area contributed by atoms with Crippen molar-refractivity contribution >= 4 is 0 Å². The van der Waals surface area contributed by atoms with E-state index in [1.54, 1.807) is 11.0 Å². The van der Waals surface area contributed by atoms with Crippen molar-refractivity contribution in [2.45, 2.75) is 6.92 Å². The van der Waals surface area contributed by atoms with E-state index in [1.165, 1.54) is 0 Å². The van der Waals surface area contributed by atoms with Crippen LogP contribution in [0.3, 0.4) is 0 Å². The molecule has 0 N–H and O–H groups in total. The minimum atomic E-state index is 0.961. The Morgan fingerprint density at radius 2 is 2.42 bits per heavy atom. The number of tetrazole rings is 1. The van der Waals surface area contributed by atoms with Crippen LogP contribution < -0.4 is 0 Å². The lowest BCUT2D eigenvalue weighted by Crippen LogP contribution is -1.97. The molecule has 0 bridgehead atoms. The highest BCUT2D eigenvalue weighted by Gasteiger charge is 1.99. The molecule has 4 heteroatoms. The predicted molar refractivity (Wildman–Crippen MR) is 42.7 cm³/mol. The molecule has 1 aromatic heterocycles. The molecule has 2 rings (SSSR count). The van der Waals surface area contributed by atoms with Crippen LogP contribution in [-0.2, 0) is 0 Å². The van der Waals surface area contributed by atoms with Gasteiger partial charge in [-0.2, -0.15) is 0 Å². The van der Waals surface area contributed by atoms with E-state index in [0.717, 1.165) is 11.3 Å². The summed E-state index contributed by atoms with van der Waals surface area (Å²) in [7, 11) is 0. The molecule has 2 aromatic rings. The molecule has 0 fully saturated rings. The molecule has 0 aliphatic carbocycles. The van der Waals surface area contributed by atoms with Crippen LogP contribution in [0, 0.1) is 13.0 Å². The molecular weight excluding hydrogens is 152 g/mol. The Bertz CT molecular complexity index is 366. The molecule has 4 nitrogen and oxygen atoms in total. The van der Waals surface area contributed by atoms with E-state index in [0.29, 0.717) is 0 Å². The number of nitrogens with zero attached hydrogens (tertiary/aromatic N) is 4. The van der Waals surface area contributed by atoms with Crippen molar-refractivity contribution in [3.05, 3.63) is 36.2 Å². The van der Waals surface area contributed by atoms with Crippen molar-refractivity contribution in [3.8, 4) is 5.69 Å². The molecule has 0 spiro atoms. The molecule has 0 unspecified atom stereocenters. The summed E-state index contributed by atoms with van der Waals surface area (Å²) in [5.74, 6) is 0. The molecule has 1 heterocycles. The fraction of sp³-hybridized carbons (Fsp3) is 0.125. The van der Waals surface area contributed by atoms with Crippen LogP contribution in [0.4, 0.5) is 0 Å². The Balaban J connectivity index is 2.55. The van der Waals surface area contributed by atoms with Crippen LogP contribution in [0.5, 0.6) is 0 Å². The number of hydrogen-bond acceptors (Lipinski definition) is 3. The molecular formula is C8H7N4. The van der Waals surface area contributed by atoms with Crippen molar-refractivity contribution in [1.29, 1.82) is 0 Å². The third-order valence-corrected chi connectivity index (χ3v) is 1.63. The van der Waals surface area contributed by atoms with E-state index >= 15 is 0 Å². The second-order valence-corrected chi connectivity index (χ2v) is 2.43. The summed E-state index contributed by atoms with van der Waals surface area (Å²) in [5.41, 5.74) is 1.99. The maximum atomic E-state index is 3.78. The molecule has 59 valence electrons. The van der Waals surface area contributed by atoms with Gasteiger partial charge in [0.15, 0.2) is 0 Å². The van der Waals surface area contributed by atoms with Gasteiger partial charge in [0, 0.05) is 0 Å². The molecule has 0 aliphatic rings. The highest BCUT2D eigenvalue weighted by Crippen LogP contribution is 2.09. The average molecular weight is 159 g/mol. The lowest BCUT2D eigenvalue weighted by atomic mass is 10.2. The van der Waals surface area contributed by atoms with Gasteiger partial charge >= 0.3 is 0 Å².